The molecule has 0 spiro atoms. The van der Waals surface area contributed by atoms with Gasteiger partial charge in [-0.05, 0) is 51.5 Å². The number of carboxylic acid groups (broad SMARTS) is 1. The van der Waals surface area contributed by atoms with E-state index < -0.39 is 6.09 Å². The van der Waals surface area contributed by atoms with E-state index in [-0.39, 0.29) is 23.5 Å². The SMILES string of the molecule is CC1(Nc2cc(-c3cnc4cc(C#N)cnn34)ncc2C(=O)NC2CCC(NC(=O)O)CC2)CC1. The van der Waals surface area contributed by atoms with Gasteiger partial charge in [-0.2, -0.15) is 10.4 Å². The van der Waals surface area contributed by atoms with Crippen LogP contribution < -0.4 is 16.0 Å². The number of fused-ring (bicyclic) bond motifs is 1. The van der Waals surface area contributed by atoms with E-state index in [0.29, 0.717) is 59.5 Å². The highest BCUT2D eigenvalue weighted by Gasteiger charge is 2.38. The van der Waals surface area contributed by atoms with Crippen molar-refractivity contribution < 1.29 is 14.7 Å². The summed E-state index contributed by atoms with van der Waals surface area (Å²) in [7, 11) is 0. The molecule has 0 aromatic carbocycles. The van der Waals surface area contributed by atoms with Crippen molar-refractivity contribution in [2.45, 2.75) is 63.1 Å². The Morgan fingerprint density at radius 3 is 2.46 bits per heavy atom. The maximum absolute atomic E-state index is 13.2. The van der Waals surface area contributed by atoms with Gasteiger partial charge in [-0.3, -0.25) is 9.78 Å². The van der Waals surface area contributed by atoms with Crippen LogP contribution in [0.25, 0.3) is 17.0 Å². The number of amides is 2. The quantitative estimate of drug-likeness (QED) is 0.425. The Kier molecular flexibility index (Phi) is 5.72. The zero-order chi connectivity index (χ0) is 24.6. The van der Waals surface area contributed by atoms with Gasteiger partial charge in [0.1, 0.15) is 11.8 Å². The van der Waals surface area contributed by atoms with E-state index in [4.69, 9.17) is 10.4 Å². The first kappa shape index (κ1) is 22.6. The van der Waals surface area contributed by atoms with Crippen LogP contribution in [0.4, 0.5) is 10.5 Å². The molecule has 0 saturated heterocycles. The summed E-state index contributed by atoms with van der Waals surface area (Å²) in [5.41, 5.74) is 3.32. The molecule has 180 valence electrons. The van der Waals surface area contributed by atoms with Crippen molar-refractivity contribution in [2.24, 2.45) is 0 Å². The highest BCUT2D eigenvalue weighted by molar-refractivity contribution is 6.00. The second kappa shape index (κ2) is 8.87. The number of carbonyl (C=O) groups excluding carboxylic acids is 1. The summed E-state index contributed by atoms with van der Waals surface area (Å²) in [4.78, 5) is 33.0. The largest absolute Gasteiger partial charge is 0.465 e. The zero-order valence-corrected chi connectivity index (χ0v) is 19.3. The van der Waals surface area contributed by atoms with Gasteiger partial charge >= 0.3 is 6.09 Å². The van der Waals surface area contributed by atoms with Crippen LogP contribution in [-0.2, 0) is 0 Å². The minimum absolute atomic E-state index is 0.0179. The molecule has 3 heterocycles. The summed E-state index contributed by atoms with van der Waals surface area (Å²) in [6.45, 7) is 2.12. The maximum Gasteiger partial charge on any atom is 0.404 e. The first-order valence-electron chi connectivity index (χ1n) is 11.7. The highest BCUT2D eigenvalue weighted by Crippen LogP contribution is 2.39. The minimum atomic E-state index is -1.01. The van der Waals surface area contributed by atoms with E-state index in [1.165, 1.54) is 6.20 Å². The van der Waals surface area contributed by atoms with Gasteiger partial charge in [0, 0.05) is 29.9 Å². The molecule has 0 atom stereocenters. The molecule has 4 N–H and O–H groups in total. The van der Waals surface area contributed by atoms with Crippen molar-refractivity contribution in [2.75, 3.05) is 5.32 Å². The van der Waals surface area contributed by atoms with E-state index in [0.717, 1.165) is 12.8 Å². The third-order valence-corrected chi connectivity index (χ3v) is 6.73. The molecule has 2 amide bonds. The molecule has 0 unspecified atom stereocenters. The second-order valence-corrected chi connectivity index (χ2v) is 9.54. The lowest BCUT2D eigenvalue weighted by atomic mass is 9.91. The fraction of sp³-hybridized carbons (Fsp3) is 0.417. The van der Waals surface area contributed by atoms with Gasteiger partial charge in [0.2, 0.25) is 0 Å². The molecule has 2 fully saturated rings. The molecular weight excluding hydrogens is 448 g/mol. The molecule has 2 saturated carbocycles. The molecule has 11 heteroatoms. The molecule has 2 aliphatic rings. The van der Waals surface area contributed by atoms with Crippen LogP contribution in [0.2, 0.25) is 0 Å². The molecule has 5 rings (SSSR count). The summed E-state index contributed by atoms with van der Waals surface area (Å²) in [5, 5.41) is 31.5. The molecule has 0 bridgehead atoms. The number of hydrogen-bond acceptors (Lipinski definition) is 7. The Morgan fingerprint density at radius 2 is 1.80 bits per heavy atom. The van der Waals surface area contributed by atoms with Gasteiger partial charge in [-0.1, -0.05) is 0 Å². The van der Waals surface area contributed by atoms with Crippen molar-refractivity contribution in [1.29, 1.82) is 5.26 Å². The molecule has 0 aliphatic heterocycles. The molecule has 35 heavy (non-hydrogen) atoms. The Labute approximate surface area is 201 Å². The number of rotatable bonds is 6. The normalized spacial score (nSPS) is 20.6. The molecule has 2 aliphatic carbocycles. The number of nitrogens with zero attached hydrogens (tertiary/aromatic N) is 5. The van der Waals surface area contributed by atoms with Crippen LogP contribution >= 0.6 is 0 Å². The number of nitriles is 1. The van der Waals surface area contributed by atoms with Crippen molar-refractivity contribution in [3.63, 3.8) is 0 Å². The second-order valence-electron chi connectivity index (χ2n) is 9.54. The lowest BCUT2D eigenvalue weighted by molar-refractivity contribution is 0.0923. The van der Waals surface area contributed by atoms with E-state index in [2.05, 4.69) is 44.0 Å². The Balaban J connectivity index is 1.38. The number of pyridine rings is 1. The van der Waals surface area contributed by atoms with Gasteiger partial charge in [0.15, 0.2) is 5.65 Å². The van der Waals surface area contributed by atoms with E-state index in [9.17, 15) is 9.59 Å². The van der Waals surface area contributed by atoms with E-state index in [1.807, 2.05) is 6.07 Å². The van der Waals surface area contributed by atoms with Crippen LogP contribution in [0, 0.1) is 11.3 Å². The molecule has 11 nitrogen and oxygen atoms in total. The van der Waals surface area contributed by atoms with Crippen LogP contribution in [0.3, 0.4) is 0 Å². The predicted molar refractivity (Wildman–Crippen MR) is 127 cm³/mol. The van der Waals surface area contributed by atoms with Crippen LogP contribution in [-0.4, -0.2) is 54.3 Å². The standard InChI is InChI=1S/C24H26N8O3/c1-24(6-7-24)31-18-9-19(20-13-27-21-8-14(10-25)11-28-32(20)21)26-12-17(18)22(33)29-15-2-4-16(5-3-15)30-23(34)35/h8-9,11-13,15-16,30H,2-7H2,1H3,(H,26,31)(H,29,33)(H,34,35). The smallest absolute Gasteiger partial charge is 0.404 e. The van der Waals surface area contributed by atoms with Gasteiger partial charge in [-0.15, -0.1) is 0 Å². The van der Waals surface area contributed by atoms with E-state index in [1.54, 1.807) is 23.0 Å². The summed E-state index contributed by atoms with van der Waals surface area (Å²) in [5.74, 6) is -0.208. The lowest BCUT2D eigenvalue weighted by Gasteiger charge is -2.29. The molecular formula is C24H26N8O3. The average molecular weight is 475 g/mol. The number of carbonyl (C=O) groups is 2. The monoisotopic (exact) mass is 474 g/mol. The summed E-state index contributed by atoms with van der Waals surface area (Å²) in [6.07, 6.45) is 8.50. The first-order chi connectivity index (χ1) is 16.8. The van der Waals surface area contributed by atoms with Gasteiger partial charge in [0.05, 0.1) is 34.9 Å². The van der Waals surface area contributed by atoms with Crippen molar-refractivity contribution in [1.82, 2.24) is 30.2 Å². The predicted octanol–water partition coefficient (Wildman–Crippen LogP) is 2.94. The Bertz CT molecular complexity index is 1330. The molecule has 0 radical (unpaired) electrons. The summed E-state index contributed by atoms with van der Waals surface area (Å²) >= 11 is 0. The lowest BCUT2D eigenvalue weighted by Crippen LogP contribution is -2.43. The fourth-order valence-electron chi connectivity index (χ4n) is 4.45. The van der Waals surface area contributed by atoms with Crippen LogP contribution in [0.5, 0.6) is 0 Å². The highest BCUT2D eigenvalue weighted by atomic mass is 16.4. The topological polar surface area (TPSA) is 157 Å². The number of nitrogens with one attached hydrogen (secondary N) is 3. The van der Waals surface area contributed by atoms with Crippen LogP contribution in [0.15, 0.2) is 30.7 Å². The maximum atomic E-state index is 13.2. The number of hydrogen-bond donors (Lipinski definition) is 4. The fourth-order valence-corrected chi connectivity index (χ4v) is 4.45. The van der Waals surface area contributed by atoms with Gasteiger partial charge in [0.25, 0.3) is 5.91 Å². The van der Waals surface area contributed by atoms with Crippen molar-refractivity contribution in [3.05, 3.63) is 41.9 Å². The number of imidazole rings is 1. The summed E-state index contributed by atoms with van der Waals surface area (Å²) < 4.78 is 1.62. The summed E-state index contributed by atoms with van der Waals surface area (Å²) in [6, 6.07) is 5.47. The first-order valence-corrected chi connectivity index (χ1v) is 11.7. The third-order valence-electron chi connectivity index (χ3n) is 6.73. The third kappa shape index (κ3) is 4.87. The Hall–Kier alpha value is -4.20. The van der Waals surface area contributed by atoms with Gasteiger partial charge in [-0.25, -0.2) is 14.3 Å². The average Bonchev–Trinajstić information content (AvgIpc) is 3.41. The van der Waals surface area contributed by atoms with Gasteiger partial charge < -0.3 is 21.1 Å². The molecule has 3 aromatic heterocycles. The number of anilines is 1. The Morgan fingerprint density at radius 1 is 1.09 bits per heavy atom. The van der Waals surface area contributed by atoms with Crippen molar-refractivity contribution in [3.8, 4) is 17.5 Å². The van der Waals surface area contributed by atoms with Crippen molar-refractivity contribution >= 4 is 23.3 Å². The number of aromatic nitrogens is 4. The van der Waals surface area contributed by atoms with Crippen LogP contribution in [0.1, 0.15) is 61.4 Å². The zero-order valence-electron chi connectivity index (χ0n) is 19.3. The van der Waals surface area contributed by atoms with E-state index >= 15 is 0 Å². The minimum Gasteiger partial charge on any atom is -0.465 e. The molecule has 3 aromatic rings.